The van der Waals surface area contributed by atoms with E-state index >= 15 is 0 Å². The van der Waals surface area contributed by atoms with Crippen LogP contribution in [0.15, 0.2) is 66.1 Å². The van der Waals surface area contributed by atoms with Crippen molar-refractivity contribution in [2.75, 3.05) is 4.31 Å². The summed E-state index contributed by atoms with van der Waals surface area (Å²) in [5.41, 5.74) is 7.13. The zero-order chi connectivity index (χ0) is 17.5. The minimum atomic E-state index is -3.98. The molecule has 1 heterocycles. The number of carbonyl (C=O) groups is 1. The number of nitrogens with zero attached hydrogens (tertiary/aromatic N) is 1. The summed E-state index contributed by atoms with van der Waals surface area (Å²) in [5.74, 6) is -1.29. The first-order chi connectivity index (χ1) is 11.4. The predicted molar refractivity (Wildman–Crippen MR) is 91.0 cm³/mol. The maximum absolute atomic E-state index is 13.1. The molecule has 1 aliphatic heterocycles. The van der Waals surface area contributed by atoms with Crippen LogP contribution in [0.1, 0.15) is 5.56 Å². The molecule has 0 aliphatic carbocycles. The Labute approximate surface area is 139 Å². The second-order valence-electron chi connectivity index (χ2n) is 5.47. The highest BCUT2D eigenvalue weighted by Gasteiger charge is 2.45. The molecule has 124 valence electrons. The molecule has 2 aromatic carbocycles. The molecule has 3 N–H and O–H groups in total. The second-order valence-corrected chi connectivity index (χ2v) is 7.28. The van der Waals surface area contributed by atoms with Crippen LogP contribution < -0.4 is 10.0 Å². The molecule has 0 saturated heterocycles. The van der Waals surface area contributed by atoms with E-state index in [1.54, 1.807) is 42.5 Å². The smallest absolute Gasteiger partial charge is 0.323 e. The number of rotatable bonds is 4. The van der Waals surface area contributed by atoms with E-state index in [4.69, 9.17) is 5.73 Å². The summed E-state index contributed by atoms with van der Waals surface area (Å²) >= 11 is 0. The van der Waals surface area contributed by atoms with Crippen LogP contribution >= 0.6 is 0 Å². The average Bonchev–Trinajstić information content (AvgIpc) is 2.88. The van der Waals surface area contributed by atoms with Gasteiger partial charge in [0, 0.05) is 5.56 Å². The van der Waals surface area contributed by atoms with Gasteiger partial charge in [-0.1, -0.05) is 43.0 Å². The third-order valence-electron chi connectivity index (χ3n) is 4.02. The summed E-state index contributed by atoms with van der Waals surface area (Å²) in [6.07, 6.45) is 0. The lowest BCUT2D eigenvalue weighted by molar-refractivity contribution is -0.138. The van der Waals surface area contributed by atoms with E-state index in [2.05, 4.69) is 6.58 Å². The highest BCUT2D eigenvalue weighted by Crippen LogP contribution is 2.43. The molecule has 3 rings (SSSR count). The molecular formula is C17H16N2O4S. The van der Waals surface area contributed by atoms with Gasteiger partial charge in [-0.2, -0.15) is 0 Å². The molecule has 0 radical (unpaired) electrons. The molecule has 0 bridgehead atoms. The van der Waals surface area contributed by atoms with Crippen LogP contribution in [0.5, 0.6) is 0 Å². The van der Waals surface area contributed by atoms with E-state index in [1.165, 1.54) is 12.1 Å². The van der Waals surface area contributed by atoms with Gasteiger partial charge in [0.2, 0.25) is 0 Å². The van der Waals surface area contributed by atoms with Crippen molar-refractivity contribution in [3.63, 3.8) is 0 Å². The average molecular weight is 344 g/mol. The molecule has 0 aromatic heterocycles. The molecule has 1 unspecified atom stereocenters. The Morgan fingerprint density at radius 3 is 2.33 bits per heavy atom. The minimum Gasteiger partial charge on any atom is -0.480 e. The maximum atomic E-state index is 13.1. The Bertz CT molecular complexity index is 909. The van der Waals surface area contributed by atoms with Gasteiger partial charge in [-0.25, -0.2) is 8.42 Å². The number of carboxylic acids is 1. The normalized spacial score (nSPS) is 18.3. The Hall–Kier alpha value is -2.64. The first-order valence-corrected chi connectivity index (χ1v) is 8.66. The van der Waals surface area contributed by atoms with E-state index < -0.39 is 28.1 Å². The number of para-hydroxylation sites is 1. The first kappa shape index (κ1) is 16.2. The fourth-order valence-electron chi connectivity index (χ4n) is 2.87. The summed E-state index contributed by atoms with van der Waals surface area (Å²) in [6, 6.07) is 12.1. The van der Waals surface area contributed by atoms with E-state index in [-0.39, 0.29) is 4.90 Å². The van der Waals surface area contributed by atoms with Gasteiger partial charge in [0.05, 0.1) is 16.6 Å². The number of nitrogens with two attached hydrogens (primary N) is 1. The topological polar surface area (TPSA) is 101 Å². The van der Waals surface area contributed by atoms with Crippen LogP contribution in [-0.4, -0.2) is 31.6 Å². The lowest BCUT2D eigenvalue weighted by atomic mass is 9.99. The SMILES string of the molecule is C=C1c2ccccc2N(S(=O)(=O)c2ccccc2)C1[C@@H](N)C(=O)O. The summed E-state index contributed by atoms with van der Waals surface area (Å²) in [7, 11) is -3.98. The predicted octanol–water partition coefficient (Wildman–Crippen LogP) is 1.69. The third-order valence-corrected chi connectivity index (χ3v) is 5.83. The second kappa shape index (κ2) is 5.77. The van der Waals surface area contributed by atoms with Crippen molar-refractivity contribution in [1.82, 2.24) is 0 Å². The number of benzene rings is 2. The number of hydrogen-bond donors (Lipinski definition) is 2. The number of fused-ring (bicyclic) bond motifs is 1. The van der Waals surface area contributed by atoms with E-state index in [0.717, 1.165) is 4.31 Å². The van der Waals surface area contributed by atoms with Gasteiger partial charge in [0.25, 0.3) is 10.0 Å². The van der Waals surface area contributed by atoms with Gasteiger partial charge < -0.3 is 10.8 Å². The van der Waals surface area contributed by atoms with Gasteiger partial charge in [0.15, 0.2) is 0 Å². The first-order valence-electron chi connectivity index (χ1n) is 7.22. The number of sulfonamides is 1. The Kier molecular flexibility index (Phi) is 3.90. The summed E-state index contributed by atoms with van der Waals surface area (Å²) < 4.78 is 27.3. The highest BCUT2D eigenvalue weighted by atomic mass is 32.2. The Morgan fingerprint density at radius 2 is 1.71 bits per heavy atom. The van der Waals surface area contributed by atoms with Crippen LogP contribution in [0.4, 0.5) is 5.69 Å². The van der Waals surface area contributed by atoms with Crippen LogP contribution in [0.3, 0.4) is 0 Å². The number of hydrogen-bond acceptors (Lipinski definition) is 4. The van der Waals surface area contributed by atoms with Crippen molar-refractivity contribution in [2.24, 2.45) is 5.73 Å². The van der Waals surface area contributed by atoms with Crippen molar-refractivity contribution < 1.29 is 18.3 Å². The summed E-state index contributed by atoms with van der Waals surface area (Å²) in [4.78, 5) is 11.5. The van der Waals surface area contributed by atoms with E-state index in [1.807, 2.05) is 0 Å². The van der Waals surface area contributed by atoms with Gasteiger partial charge in [-0.05, 0) is 23.8 Å². The summed E-state index contributed by atoms with van der Waals surface area (Å²) in [6.45, 7) is 3.89. The van der Waals surface area contributed by atoms with Crippen molar-refractivity contribution in [3.8, 4) is 0 Å². The van der Waals surface area contributed by atoms with Crippen LogP contribution in [0, 0.1) is 0 Å². The van der Waals surface area contributed by atoms with Crippen LogP contribution in [0.2, 0.25) is 0 Å². The molecule has 0 fully saturated rings. The fraction of sp³-hybridized carbons (Fsp3) is 0.118. The molecule has 6 nitrogen and oxygen atoms in total. The number of anilines is 1. The number of aliphatic carboxylic acids is 1. The molecule has 0 amide bonds. The summed E-state index contributed by atoms with van der Waals surface area (Å²) in [5, 5.41) is 9.31. The Balaban J connectivity index is 2.22. The molecule has 24 heavy (non-hydrogen) atoms. The monoisotopic (exact) mass is 344 g/mol. The molecule has 2 atom stereocenters. The van der Waals surface area contributed by atoms with Gasteiger partial charge in [-0.3, -0.25) is 9.10 Å². The van der Waals surface area contributed by atoms with Crippen molar-refractivity contribution in [1.29, 1.82) is 0 Å². The zero-order valence-electron chi connectivity index (χ0n) is 12.7. The molecule has 1 aliphatic rings. The zero-order valence-corrected chi connectivity index (χ0v) is 13.5. The van der Waals surface area contributed by atoms with E-state index in [9.17, 15) is 18.3 Å². The van der Waals surface area contributed by atoms with Crippen LogP contribution in [0.25, 0.3) is 5.57 Å². The molecule has 0 saturated carbocycles. The van der Waals surface area contributed by atoms with Gasteiger partial charge in [0.1, 0.15) is 6.04 Å². The minimum absolute atomic E-state index is 0.0668. The standard InChI is InChI=1S/C17H16N2O4S/c1-11-13-9-5-6-10-14(13)19(16(11)15(18)17(20)21)24(22,23)12-7-3-2-4-8-12/h2-10,15-16H,1,18H2,(H,20,21)/t15-,16?/m1/s1. The maximum Gasteiger partial charge on any atom is 0.323 e. The lowest BCUT2D eigenvalue weighted by Crippen LogP contribution is -2.52. The van der Waals surface area contributed by atoms with Crippen molar-refractivity contribution >= 4 is 27.3 Å². The van der Waals surface area contributed by atoms with Crippen LogP contribution in [-0.2, 0) is 14.8 Å². The van der Waals surface area contributed by atoms with E-state index in [0.29, 0.717) is 16.8 Å². The number of carboxylic acid groups (broad SMARTS) is 1. The van der Waals surface area contributed by atoms with Gasteiger partial charge >= 0.3 is 5.97 Å². The molecule has 7 heteroatoms. The Morgan fingerprint density at radius 1 is 1.12 bits per heavy atom. The quantitative estimate of drug-likeness (QED) is 0.879. The largest absolute Gasteiger partial charge is 0.480 e. The highest BCUT2D eigenvalue weighted by molar-refractivity contribution is 7.93. The fourth-order valence-corrected chi connectivity index (χ4v) is 4.57. The molecular weight excluding hydrogens is 328 g/mol. The van der Waals surface area contributed by atoms with Crippen molar-refractivity contribution in [2.45, 2.75) is 17.0 Å². The third kappa shape index (κ3) is 2.38. The van der Waals surface area contributed by atoms with Crippen molar-refractivity contribution in [3.05, 3.63) is 66.7 Å². The molecule has 0 spiro atoms. The van der Waals surface area contributed by atoms with Gasteiger partial charge in [-0.15, -0.1) is 0 Å². The molecule has 2 aromatic rings. The lowest BCUT2D eigenvalue weighted by Gasteiger charge is -2.29.